The van der Waals surface area contributed by atoms with Crippen molar-refractivity contribution in [3.63, 3.8) is 0 Å². The first-order valence-corrected chi connectivity index (χ1v) is 8.07. The monoisotopic (exact) mass is 400 g/mol. The molecule has 1 aromatic carbocycles. The molecular weight excluding hydrogens is 384 g/mol. The molecule has 2 rings (SSSR count). The summed E-state index contributed by atoms with van der Waals surface area (Å²) >= 11 is 7.10. The zero-order chi connectivity index (χ0) is 14.8. The average molecular weight is 402 g/mol. The van der Waals surface area contributed by atoms with Crippen LogP contribution < -0.4 is 10.1 Å². The predicted molar refractivity (Wildman–Crippen MR) is 90.4 cm³/mol. The topological polar surface area (TPSA) is 34.1 Å². The van der Waals surface area contributed by atoms with Gasteiger partial charge in [-0.15, -0.1) is 0 Å². The molecule has 0 aliphatic heterocycles. The lowest BCUT2D eigenvalue weighted by molar-refractivity contribution is 0.292. The van der Waals surface area contributed by atoms with Gasteiger partial charge in [-0.1, -0.05) is 22.0 Å². The molecule has 0 amide bonds. The summed E-state index contributed by atoms with van der Waals surface area (Å²) in [5.41, 5.74) is 0.963. The standard InChI is InChI=1S/C15H18Br2N2O/c1-15(2,3)19-7-8-20-14-12(17)9-11(16)10-5-4-6-18-13(10)14/h4-6,9,19H,7-8H2,1-3H3. The van der Waals surface area contributed by atoms with E-state index >= 15 is 0 Å². The third kappa shape index (κ3) is 3.93. The summed E-state index contributed by atoms with van der Waals surface area (Å²) in [4.78, 5) is 4.42. The van der Waals surface area contributed by atoms with Crippen molar-refractivity contribution in [2.75, 3.05) is 13.2 Å². The van der Waals surface area contributed by atoms with E-state index in [0.717, 1.165) is 32.1 Å². The van der Waals surface area contributed by atoms with Gasteiger partial charge in [-0.25, -0.2) is 0 Å². The van der Waals surface area contributed by atoms with Crippen LogP contribution in [-0.4, -0.2) is 23.7 Å². The molecule has 3 nitrogen and oxygen atoms in total. The summed E-state index contributed by atoms with van der Waals surface area (Å²) in [5.74, 6) is 0.791. The van der Waals surface area contributed by atoms with Gasteiger partial charge >= 0.3 is 0 Å². The zero-order valence-electron chi connectivity index (χ0n) is 11.8. The number of fused-ring (bicyclic) bond motifs is 1. The molecule has 2 aromatic rings. The number of halogens is 2. The van der Waals surface area contributed by atoms with Crippen molar-refractivity contribution in [2.24, 2.45) is 0 Å². The molecule has 0 aliphatic rings. The largest absolute Gasteiger partial charge is 0.489 e. The molecule has 0 aliphatic carbocycles. The minimum atomic E-state index is 0.0978. The van der Waals surface area contributed by atoms with Crippen molar-refractivity contribution < 1.29 is 4.74 Å². The van der Waals surface area contributed by atoms with Crippen LogP contribution in [0, 0.1) is 0 Å². The number of nitrogens with one attached hydrogen (secondary N) is 1. The molecule has 108 valence electrons. The van der Waals surface area contributed by atoms with Crippen molar-refractivity contribution in [3.8, 4) is 5.75 Å². The Labute approximate surface area is 136 Å². The third-order valence-corrected chi connectivity index (χ3v) is 4.00. The SMILES string of the molecule is CC(C)(C)NCCOc1c(Br)cc(Br)c2cccnc12. The lowest BCUT2D eigenvalue weighted by Gasteiger charge is -2.21. The molecule has 1 aromatic heterocycles. The fourth-order valence-electron chi connectivity index (χ4n) is 1.86. The Bertz CT molecular complexity index is 609. The molecule has 0 fully saturated rings. The van der Waals surface area contributed by atoms with Gasteiger partial charge in [0.15, 0.2) is 5.75 Å². The molecule has 5 heteroatoms. The number of pyridine rings is 1. The molecule has 0 bridgehead atoms. The van der Waals surface area contributed by atoms with Gasteiger partial charge < -0.3 is 10.1 Å². The van der Waals surface area contributed by atoms with Gasteiger partial charge in [0.2, 0.25) is 0 Å². The zero-order valence-corrected chi connectivity index (χ0v) is 15.0. The van der Waals surface area contributed by atoms with Gasteiger partial charge in [0.1, 0.15) is 12.1 Å². The number of hydrogen-bond donors (Lipinski definition) is 1. The van der Waals surface area contributed by atoms with Crippen molar-refractivity contribution in [3.05, 3.63) is 33.3 Å². The molecular formula is C15H18Br2N2O. The first-order chi connectivity index (χ1) is 9.38. The van der Waals surface area contributed by atoms with E-state index in [4.69, 9.17) is 4.74 Å². The molecule has 0 saturated heterocycles. The van der Waals surface area contributed by atoms with Crippen LogP contribution in [0.5, 0.6) is 5.75 Å². The summed E-state index contributed by atoms with van der Waals surface area (Å²) < 4.78 is 7.82. The first kappa shape index (κ1) is 15.7. The first-order valence-electron chi connectivity index (χ1n) is 6.49. The maximum Gasteiger partial charge on any atom is 0.159 e. The van der Waals surface area contributed by atoms with Gasteiger partial charge in [-0.05, 0) is 48.8 Å². The van der Waals surface area contributed by atoms with Crippen LogP contribution in [0.1, 0.15) is 20.8 Å². The summed E-state index contributed by atoms with van der Waals surface area (Å²) in [7, 11) is 0. The van der Waals surface area contributed by atoms with Crippen LogP contribution in [0.25, 0.3) is 10.9 Å². The molecule has 0 radical (unpaired) electrons. The Morgan fingerprint density at radius 2 is 2.00 bits per heavy atom. The van der Waals surface area contributed by atoms with E-state index in [-0.39, 0.29) is 5.54 Å². The predicted octanol–water partition coefficient (Wildman–Crippen LogP) is 4.53. The molecule has 1 heterocycles. The van der Waals surface area contributed by atoms with Gasteiger partial charge in [0.25, 0.3) is 0 Å². The van der Waals surface area contributed by atoms with Crippen molar-refractivity contribution >= 4 is 42.8 Å². The molecule has 0 saturated carbocycles. The highest BCUT2D eigenvalue weighted by atomic mass is 79.9. The highest BCUT2D eigenvalue weighted by Crippen LogP contribution is 2.37. The smallest absolute Gasteiger partial charge is 0.159 e. The summed E-state index contributed by atoms with van der Waals surface area (Å²) in [5, 5.41) is 4.45. The van der Waals surface area contributed by atoms with Crippen molar-refractivity contribution in [1.82, 2.24) is 10.3 Å². The van der Waals surface area contributed by atoms with E-state index in [1.807, 2.05) is 18.2 Å². The Kier molecular flexibility index (Phi) is 5.04. The highest BCUT2D eigenvalue weighted by molar-refractivity contribution is 9.11. The quantitative estimate of drug-likeness (QED) is 0.764. The second-order valence-corrected chi connectivity index (χ2v) is 7.30. The molecule has 0 atom stereocenters. The van der Waals surface area contributed by atoms with Crippen LogP contribution >= 0.6 is 31.9 Å². The summed E-state index contributed by atoms with van der Waals surface area (Å²) in [6.45, 7) is 7.81. The lowest BCUT2D eigenvalue weighted by atomic mass is 10.1. The summed E-state index contributed by atoms with van der Waals surface area (Å²) in [6.07, 6.45) is 1.78. The van der Waals surface area contributed by atoms with E-state index in [1.54, 1.807) is 6.20 Å². The second kappa shape index (κ2) is 6.41. The fraction of sp³-hybridized carbons (Fsp3) is 0.400. The van der Waals surface area contributed by atoms with Gasteiger partial charge in [0, 0.05) is 28.1 Å². The Balaban J connectivity index is 2.18. The minimum Gasteiger partial charge on any atom is -0.489 e. The van der Waals surface area contributed by atoms with Crippen LogP contribution in [0.4, 0.5) is 0 Å². The van der Waals surface area contributed by atoms with Gasteiger partial charge in [0.05, 0.1) is 4.47 Å². The van der Waals surface area contributed by atoms with Gasteiger partial charge in [-0.2, -0.15) is 0 Å². The van der Waals surface area contributed by atoms with Gasteiger partial charge in [-0.3, -0.25) is 4.98 Å². The number of benzene rings is 1. The highest BCUT2D eigenvalue weighted by Gasteiger charge is 2.12. The maximum atomic E-state index is 5.91. The maximum absolute atomic E-state index is 5.91. The molecule has 1 N–H and O–H groups in total. The summed E-state index contributed by atoms with van der Waals surface area (Å²) in [6, 6.07) is 5.95. The minimum absolute atomic E-state index is 0.0978. The lowest BCUT2D eigenvalue weighted by Crippen LogP contribution is -2.38. The number of nitrogens with zero attached hydrogens (tertiary/aromatic N) is 1. The van der Waals surface area contributed by atoms with E-state index in [1.165, 1.54) is 0 Å². The van der Waals surface area contributed by atoms with Crippen LogP contribution in [0.3, 0.4) is 0 Å². The molecule has 0 spiro atoms. The van der Waals surface area contributed by atoms with Crippen LogP contribution in [0.15, 0.2) is 33.3 Å². The number of aromatic nitrogens is 1. The van der Waals surface area contributed by atoms with Crippen molar-refractivity contribution in [1.29, 1.82) is 0 Å². The molecule has 0 unspecified atom stereocenters. The van der Waals surface area contributed by atoms with Crippen LogP contribution in [-0.2, 0) is 0 Å². The van der Waals surface area contributed by atoms with E-state index in [0.29, 0.717) is 6.61 Å². The third-order valence-electron chi connectivity index (χ3n) is 2.75. The fourth-order valence-corrected chi connectivity index (χ4v) is 3.25. The molecule has 20 heavy (non-hydrogen) atoms. The number of hydrogen-bond acceptors (Lipinski definition) is 3. The normalized spacial score (nSPS) is 11.8. The van der Waals surface area contributed by atoms with Crippen molar-refractivity contribution in [2.45, 2.75) is 26.3 Å². The van der Waals surface area contributed by atoms with E-state index in [2.05, 4.69) is 62.9 Å². The Morgan fingerprint density at radius 3 is 2.70 bits per heavy atom. The second-order valence-electron chi connectivity index (χ2n) is 5.59. The number of ether oxygens (including phenoxy) is 1. The van der Waals surface area contributed by atoms with E-state index in [9.17, 15) is 0 Å². The van der Waals surface area contributed by atoms with Crippen LogP contribution in [0.2, 0.25) is 0 Å². The number of rotatable bonds is 4. The Morgan fingerprint density at radius 1 is 1.25 bits per heavy atom. The Hall–Kier alpha value is -0.650. The average Bonchev–Trinajstić information content (AvgIpc) is 2.36. The van der Waals surface area contributed by atoms with E-state index < -0.39 is 0 Å².